The topological polar surface area (TPSA) is 46.5 Å². The van der Waals surface area contributed by atoms with Gasteiger partial charge in [0, 0.05) is 41.3 Å². The molecule has 0 aliphatic rings. The van der Waals surface area contributed by atoms with Crippen molar-refractivity contribution in [1.29, 1.82) is 0 Å². The van der Waals surface area contributed by atoms with E-state index >= 15 is 0 Å². The van der Waals surface area contributed by atoms with Gasteiger partial charge in [0.05, 0.1) is 11.2 Å². The highest BCUT2D eigenvalue weighted by molar-refractivity contribution is 5.97. The fourth-order valence-electron chi connectivity index (χ4n) is 3.33. The molecule has 0 amide bonds. The van der Waals surface area contributed by atoms with Crippen LogP contribution in [0.2, 0.25) is 0 Å². The molecule has 0 aliphatic carbocycles. The van der Waals surface area contributed by atoms with Gasteiger partial charge >= 0.3 is 0 Å². The lowest BCUT2D eigenvalue weighted by atomic mass is 10.0. The highest BCUT2D eigenvalue weighted by Gasteiger charge is 2.10. The Balaban J connectivity index is 1.64. The van der Waals surface area contributed by atoms with Gasteiger partial charge in [0.25, 0.3) is 0 Å². The first-order chi connectivity index (χ1) is 12.3. The number of fused-ring (bicyclic) bond motifs is 2. The van der Waals surface area contributed by atoms with Crippen molar-refractivity contribution < 1.29 is 0 Å². The van der Waals surface area contributed by atoms with E-state index in [-0.39, 0.29) is 0 Å². The molecule has 25 heavy (non-hydrogen) atoms. The van der Waals surface area contributed by atoms with Gasteiger partial charge in [-0.05, 0) is 29.8 Å². The number of nitrogens with zero attached hydrogens (tertiary/aromatic N) is 3. The Labute approximate surface area is 144 Å². The molecule has 0 radical (unpaired) electrons. The fraction of sp³-hybridized carbons (Fsp3) is 0.0476. The van der Waals surface area contributed by atoms with E-state index in [4.69, 9.17) is 4.98 Å². The molecule has 0 aliphatic heterocycles. The first-order valence-electron chi connectivity index (χ1n) is 8.25. The SMILES string of the molecule is Cn1cc2cc(-c3c[nH]c4nc(-c5ccccc5)ccc34)ccc2n1. The molecule has 3 aromatic heterocycles. The van der Waals surface area contributed by atoms with Gasteiger partial charge in [-0.1, -0.05) is 36.4 Å². The van der Waals surface area contributed by atoms with E-state index in [2.05, 4.69) is 52.5 Å². The van der Waals surface area contributed by atoms with Crippen molar-refractivity contribution in [2.24, 2.45) is 7.05 Å². The van der Waals surface area contributed by atoms with E-state index in [1.165, 1.54) is 5.56 Å². The fourth-order valence-corrected chi connectivity index (χ4v) is 3.33. The third-order valence-electron chi connectivity index (χ3n) is 4.54. The molecule has 0 unspecified atom stereocenters. The van der Waals surface area contributed by atoms with Gasteiger partial charge in [0.2, 0.25) is 0 Å². The maximum atomic E-state index is 4.79. The smallest absolute Gasteiger partial charge is 0.138 e. The van der Waals surface area contributed by atoms with Crippen LogP contribution in [0.3, 0.4) is 0 Å². The van der Waals surface area contributed by atoms with Crippen LogP contribution < -0.4 is 0 Å². The van der Waals surface area contributed by atoms with E-state index in [1.807, 2.05) is 42.3 Å². The van der Waals surface area contributed by atoms with Gasteiger partial charge in [-0.2, -0.15) is 5.10 Å². The summed E-state index contributed by atoms with van der Waals surface area (Å²) in [6, 6.07) is 20.8. The molecule has 3 heterocycles. The summed E-state index contributed by atoms with van der Waals surface area (Å²) in [6.45, 7) is 0. The van der Waals surface area contributed by atoms with Gasteiger partial charge < -0.3 is 4.98 Å². The zero-order valence-corrected chi connectivity index (χ0v) is 13.8. The summed E-state index contributed by atoms with van der Waals surface area (Å²) < 4.78 is 1.84. The minimum atomic E-state index is 0.905. The maximum Gasteiger partial charge on any atom is 0.138 e. The Bertz CT molecular complexity index is 1200. The van der Waals surface area contributed by atoms with E-state index in [0.29, 0.717) is 0 Å². The molecular weight excluding hydrogens is 308 g/mol. The number of aromatic amines is 1. The lowest BCUT2D eigenvalue weighted by Crippen LogP contribution is -1.84. The Morgan fingerprint density at radius 2 is 1.80 bits per heavy atom. The number of aryl methyl sites for hydroxylation is 1. The highest BCUT2D eigenvalue weighted by Crippen LogP contribution is 2.31. The lowest BCUT2D eigenvalue weighted by molar-refractivity contribution is 0.780. The number of benzene rings is 2. The summed E-state index contributed by atoms with van der Waals surface area (Å²) in [6.07, 6.45) is 4.07. The number of rotatable bonds is 2. The van der Waals surface area contributed by atoms with Gasteiger partial charge in [-0.25, -0.2) is 4.98 Å². The molecule has 4 nitrogen and oxygen atoms in total. The lowest BCUT2D eigenvalue weighted by Gasteiger charge is -2.02. The second kappa shape index (κ2) is 5.31. The van der Waals surface area contributed by atoms with Crippen LogP contribution in [0.25, 0.3) is 44.3 Å². The van der Waals surface area contributed by atoms with E-state index in [0.717, 1.165) is 38.8 Å². The zero-order chi connectivity index (χ0) is 16.8. The number of hydrogen-bond acceptors (Lipinski definition) is 2. The van der Waals surface area contributed by atoms with Crippen LogP contribution in [-0.4, -0.2) is 19.7 Å². The number of H-pyrrole nitrogens is 1. The third kappa shape index (κ3) is 2.31. The number of hydrogen-bond donors (Lipinski definition) is 1. The van der Waals surface area contributed by atoms with Crippen LogP contribution in [-0.2, 0) is 7.05 Å². The summed E-state index contributed by atoms with van der Waals surface area (Å²) in [5, 5.41) is 6.71. The molecule has 0 saturated carbocycles. The van der Waals surface area contributed by atoms with E-state index < -0.39 is 0 Å². The Morgan fingerprint density at radius 1 is 0.920 bits per heavy atom. The Kier molecular flexibility index (Phi) is 2.97. The second-order valence-electron chi connectivity index (χ2n) is 6.24. The molecule has 4 heteroatoms. The van der Waals surface area contributed by atoms with E-state index in [9.17, 15) is 0 Å². The number of pyridine rings is 1. The molecule has 0 bridgehead atoms. The number of nitrogens with one attached hydrogen (secondary N) is 1. The van der Waals surface area contributed by atoms with Crippen LogP contribution in [0.5, 0.6) is 0 Å². The highest BCUT2D eigenvalue weighted by atomic mass is 15.2. The molecule has 0 atom stereocenters. The van der Waals surface area contributed by atoms with Crippen molar-refractivity contribution in [2.75, 3.05) is 0 Å². The van der Waals surface area contributed by atoms with Gasteiger partial charge in [-0.3, -0.25) is 4.68 Å². The van der Waals surface area contributed by atoms with Crippen molar-refractivity contribution in [3.8, 4) is 22.4 Å². The second-order valence-corrected chi connectivity index (χ2v) is 6.24. The summed E-state index contributed by atoms with van der Waals surface area (Å²) in [4.78, 5) is 8.10. The predicted molar refractivity (Wildman–Crippen MR) is 101 cm³/mol. The van der Waals surface area contributed by atoms with Gasteiger partial charge in [0.1, 0.15) is 5.65 Å². The summed E-state index contributed by atoms with van der Waals surface area (Å²) >= 11 is 0. The standard InChI is InChI=1S/C21H16N4/c1-25-13-16-11-15(7-9-20(16)24-25)18-12-22-21-17(18)8-10-19(23-21)14-5-3-2-4-6-14/h2-13H,1H3,(H,22,23). The predicted octanol–water partition coefficient (Wildman–Crippen LogP) is 4.78. The molecule has 0 spiro atoms. The van der Waals surface area contributed by atoms with Crippen LogP contribution >= 0.6 is 0 Å². The van der Waals surface area contributed by atoms with Crippen LogP contribution in [0, 0.1) is 0 Å². The average molecular weight is 324 g/mol. The van der Waals surface area contributed by atoms with Crippen molar-refractivity contribution in [1.82, 2.24) is 19.7 Å². The summed E-state index contributed by atoms with van der Waals surface area (Å²) in [7, 11) is 1.94. The zero-order valence-electron chi connectivity index (χ0n) is 13.8. The molecule has 1 N–H and O–H groups in total. The van der Waals surface area contributed by atoms with Crippen LogP contribution in [0.1, 0.15) is 0 Å². The van der Waals surface area contributed by atoms with Crippen molar-refractivity contribution in [3.63, 3.8) is 0 Å². The Morgan fingerprint density at radius 3 is 2.68 bits per heavy atom. The minimum absolute atomic E-state index is 0.905. The summed E-state index contributed by atoms with van der Waals surface area (Å²) in [5.41, 5.74) is 6.34. The normalized spacial score (nSPS) is 11.4. The summed E-state index contributed by atoms with van der Waals surface area (Å²) in [5.74, 6) is 0. The molecule has 120 valence electrons. The monoisotopic (exact) mass is 324 g/mol. The Hall–Kier alpha value is -3.40. The molecular formula is C21H16N4. The third-order valence-corrected chi connectivity index (χ3v) is 4.54. The first kappa shape index (κ1) is 14.0. The first-order valence-corrected chi connectivity index (χ1v) is 8.25. The largest absolute Gasteiger partial charge is 0.345 e. The van der Waals surface area contributed by atoms with Crippen LogP contribution in [0.4, 0.5) is 0 Å². The van der Waals surface area contributed by atoms with Crippen molar-refractivity contribution >= 4 is 21.9 Å². The molecule has 2 aromatic carbocycles. The van der Waals surface area contributed by atoms with Crippen molar-refractivity contribution in [3.05, 3.63) is 73.1 Å². The van der Waals surface area contributed by atoms with E-state index in [1.54, 1.807) is 0 Å². The average Bonchev–Trinajstić information content (AvgIpc) is 3.23. The molecule has 0 saturated heterocycles. The maximum absolute atomic E-state index is 4.79. The van der Waals surface area contributed by atoms with Gasteiger partial charge in [-0.15, -0.1) is 0 Å². The molecule has 0 fully saturated rings. The minimum Gasteiger partial charge on any atom is -0.345 e. The quantitative estimate of drug-likeness (QED) is 0.508. The van der Waals surface area contributed by atoms with Crippen molar-refractivity contribution in [2.45, 2.75) is 0 Å². The van der Waals surface area contributed by atoms with Crippen LogP contribution in [0.15, 0.2) is 73.1 Å². The molecule has 5 aromatic rings. The molecule has 5 rings (SSSR count). The van der Waals surface area contributed by atoms with Gasteiger partial charge in [0.15, 0.2) is 0 Å². The number of aromatic nitrogens is 4.